The maximum Gasteiger partial charge on any atom is 0.252 e. The van der Waals surface area contributed by atoms with Crippen molar-refractivity contribution in [1.82, 2.24) is 5.32 Å². The molecule has 0 bridgehead atoms. The fraction of sp³-hybridized carbons (Fsp3) is 0.133. The summed E-state index contributed by atoms with van der Waals surface area (Å²) in [6.07, 6.45) is 0. The summed E-state index contributed by atoms with van der Waals surface area (Å²) in [7, 11) is 2.98. The molecule has 188 valence electrons. The Hall–Kier alpha value is -4.78. The molecule has 0 saturated carbocycles. The average molecular weight is 497 g/mol. The molecule has 2 amide bonds. The minimum absolute atomic E-state index is 0.259. The van der Waals surface area contributed by atoms with E-state index in [2.05, 4.69) is 10.6 Å². The third kappa shape index (κ3) is 6.46. The molecule has 7 heteroatoms. The number of nitrogens with one attached hydrogen (secondary N) is 2. The van der Waals surface area contributed by atoms with E-state index in [9.17, 15) is 9.59 Å². The molecule has 0 aliphatic heterocycles. The smallest absolute Gasteiger partial charge is 0.252 e. The first-order valence-electron chi connectivity index (χ1n) is 11.7. The monoisotopic (exact) mass is 496 g/mol. The van der Waals surface area contributed by atoms with Crippen molar-refractivity contribution in [3.8, 4) is 17.2 Å². The van der Waals surface area contributed by atoms with Gasteiger partial charge in [-0.15, -0.1) is 0 Å². The maximum atomic E-state index is 13.4. The average Bonchev–Trinajstić information content (AvgIpc) is 2.95. The number of para-hydroxylation sites is 1. The van der Waals surface area contributed by atoms with Gasteiger partial charge in [0.15, 0.2) is 11.5 Å². The Balaban J connectivity index is 1.58. The standard InChI is InChI=1S/C30H28N2O5/c1-35-25-18-23(19-26(36-2)28(25)37-20-21-12-6-3-7-13-21)29(33)32-27(22-14-8-4-9-15-22)30(34)31-24-16-10-5-11-17-24/h3-19,27H,20H2,1-2H3,(H,31,34)(H,32,33). The number of benzene rings is 4. The highest BCUT2D eigenvalue weighted by Crippen LogP contribution is 2.39. The Morgan fingerprint density at radius 3 is 1.86 bits per heavy atom. The molecule has 4 aromatic rings. The van der Waals surface area contributed by atoms with Crippen molar-refractivity contribution in [2.45, 2.75) is 12.6 Å². The molecule has 0 fully saturated rings. The molecule has 0 radical (unpaired) electrons. The minimum Gasteiger partial charge on any atom is -0.493 e. The first-order valence-corrected chi connectivity index (χ1v) is 11.7. The molecular weight excluding hydrogens is 468 g/mol. The largest absolute Gasteiger partial charge is 0.493 e. The van der Waals surface area contributed by atoms with Gasteiger partial charge in [0.25, 0.3) is 11.8 Å². The lowest BCUT2D eigenvalue weighted by Gasteiger charge is -2.20. The Bertz CT molecular complexity index is 1300. The summed E-state index contributed by atoms with van der Waals surface area (Å²) in [5.41, 5.74) is 2.51. The second-order valence-corrected chi connectivity index (χ2v) is 8.16. The first-order chi connectivity index (χ1) is 18.1. The van der Waals surface area contributed by atoms with Crippen molar-refractivity contribution in [3.63, 3.8) is 0 Å². The molecule has 0 aliphatic carbocycles. The molecule has 1 unspecified atom stereocenters. The number of rotatable bonds is 10. The van der Waals surface area contributed by atoms with Crippen molar-refractivity contribution in [2.24, 2.45) is 0 Å². The van der Waals surface area contributed by atoms with Gasteiger partial charge in [0.1, 0.15) is 12.6 Å². The van der Waals surface area contributed by atoms with Crippen LogP contribution in [0.2, 0.25) is 0 Å². The van der Waals surface area contributed by atoms with Crippen LogP contribution in [0.1, 0.15) is 27.5 Å². The molecule has 2 N–H and O–H groups in total. The summed E-state index contributed by atoms with van der Waals surface area (Å²) in [4.78, 5) is 26.6. The molecule has 7 nitrogen and oxygen atoms in total. The van der Waals surface area contributed by atoms with Crippen LogP contribution in [0.25, 0.3) is 0 Å². The first kappa shape index (κ1) is 25.3. The lowest BCUT2D eigenvalue weighted by Crippen LogP contribution is -2.37. The third-order valence-electron chi connectivity index (χ3n) is 5.66. The lowest BCUT2D eigenvalue weighted by atomic mass is 10.0. The fourth-order valence-electron chi connectivity index (χ4n) is 3.78. The quantitative estimate of drug-likeness (QED) is 0.307. The predicted octanol–water partition coefficient (Wildman–Crippen LogP) is 5.39. The summed E-state index contributed by atoms with van der Waals surface area (Å²) in [5.74, 6) is 0.221. The van der Waals surface area contributed by atoms with Gasteiger partial charge in [-0.1, -0.05) is 78.9 Å². The summed E-state index contributed by atoms with van der Waals surface area (Å²) in [5, 5.41) is 5.71. The highest BCUT2D eigenvalue weighted by Gasteiger charge is 2.25. The van der Waals surface area contributed by atoms with Crippen LogP contribution in [0.4, 0.5) is 5.69 Å². The van der Waals surface area contributed by atoms with Crippen LogP contribution in [0, 0.1) is 0 Å². The van der Waals surface area contributed by atoms with Crippen molar-refractivity contribution in [1.29, 1.82) is 0 Å². The van der Waals surface area contributed by atoms with Crippen LogP contribution in [0.5, 0.6) is 17.2 Å². The zero-order chi connectivity index (χ0) is 26.0. The second-order valence-electron chi connectivity index (χ2n) is 8.16. The number of amides is 2. The molecule has 4 aromatic carbocycles. The normalized spacial score (nSPS) is 11.2. The van der Waals surface area contributed by atoms with Gasteiger partial charge in [-0.25, -0.2) is 0 Å². The number of hydrogen-bond donors (Lipinski definition) is 2. The zero-order valence-electron chi connectivity index (χ0n) is 20.6. The van der Waals surface area contributed by atoms with E-state index in [0.29, 0.717) is 35.1 Å². The molecular formula is C30H28N2O5. The third-order valence-corrected chi connectivity index (χ3v) is 5.66. The van der Waals surface area contributed by atoms with Crippen molar-refractivity contribution < 1.29 is 23.8 Å². The Kier molecular flexibility index (Phi) is 8.39. The molecule has 4 rings (SSSR count). The van der Waals surface area contributed by atoms with E-state index in [1.165, 1.54) is 14.2 Å². The number of carbonyl (C=O) groups is 2. The zero-order valence-corrected chi connectivity index (χ0v) is 20.6. The van der Waals surface area contributed by atoms with Gasteiger partial charge >= 0.3 is 0 Å². The summed E-state index contributed by atoms with van der Waals surface area (Å²) >= 11 is 0. The van der Waals surface area contributed by atoms with Gasteiger partial charge < -0.3 is 24.8 Å². The van der Waals surface area contributed by atoms with Crippen molar-refractivity contribution in [2.75, 3.05) is 19.5 Å². The maximum absolute atomic E-state index is 13.4. The highest BCUT2D eigenvalue weighted by molar-refractivity contribution is 6.02. The predicted molar refractivity (Wildman–Crippen MR) is 142 cm³/mol. The summed E-state index contributed by atoms with van der Waals surface area (Å²) < 4.78 is 17.0. The van der Waals surface area contributed by atoms with E-state index in [1.54, 1.807) is 36.4 Å². The second kappa shape index (κ2) is 12.3. The topological polar surface area (TPSA) is 85.9 Å². The molecule has 0 heterocycles. The lowest BCUT2D eigenvalue weighted by molar-refractivity contribution is -0.118. The van der Waals surface area contributed by atoms with E-state index in [0.717, 1.165) is 5.56 Å². The number of hydrogen-bond acceptors (Lipinski definition) is 5. The van der Waals surface area contributed by atoms with Crippen LogP contribution in [-0.2, 0) is 11.4 Å². The Morgan fingerprint density at radius 2 is 1.30 bits per heavy atom. The van der Waals surface area contributed by atoms with Gasteiger partial charge in [0.2, 0.25) is 5.75 Å². The summed E-state index contributed by atoms with van der Waals surface area (Å²) in [6, 6.07) is 30.0. The number of methoxy groups -OCH3 is 2. The highest BCUT2D eigenvalue weighted by atomic mass is 16.5. The number of ether oxygens (including phenoxy) is 3. The Morgan fingerprint density at radius 1 is 0.757 bits per heavy atom. The van der Waals surface area contributed by atoms with Crippen LogP contribution >= 0.6 is 0 Å². The van der Waals surface area contributed by atoms with Gasteiger partial charge in [-0.3, -0.25) is 9.59 Å². The van der Waals surface area contributed by atoms with Gasteiger partial charge in [0.05, 0.1) is 14.2 Å². The summed E-state index contributed by atoms with van der Waals surface area (Å²) in [6.45, 7) is 0.300. The van der Waals surface area contributed by atoms with Crippen LogP contribution in [0.15, 0.2) is 103 Å². The van der Waals surface area contributed by atoms with Crippen LogP contribution in [-0.4, -0.2) is 26.0 Å². The van der Waals surface area contributed by atoms with Gasteiger partial charge in [-0.2, -0.15) is 0 Å². The van der Waals surface area contributed by atoms with Crippen molar-refractivity contribution >= 4 is 17.5 Å². The molecule has 0 saturated heterocycles. The van der Waals surface area contributed by atoms with E-state index >= 15 is 0 Å². The van der Waals surface area contributed by atoms with E-state index in [4.69, 9.17) is 14.2 Å². The van der Waals surface area contributed by atoms with E-state index < -0.39 is 11.9 Å². The van der Waals surface area contributed by atoms with Gasteiger partial charge in [0, 0.05) is 11.3 Å². The SMILES string of the molecule is COc1cc(C(=O)NC(C(=O)Nc2ccccc2)c2ccccc2)cc(OC)c1OCc1ccccc1. The Labute approximate surface area is 216 Å². The molecule has 37 heavy (non-hydrogen) atoms. The minimum atomic E-state index is -0.931. The van der Waals surface area contributed by atoms with Crippen LogP contribution in [0.3, 0.4) is 0 Å². The van der Waals surface area contributed by atoms with Crippen LogP contribution < -0.4 is 24.8 Å². The molecule has 0 aromatic heterocycles. The number of carbonyl (C=O) groups excluding carboxylic acids is 2. The molecule has 0 spiro atoms. The number of anilines is 1. The molecule has 1 atom stereocenters. The fourth-order valence-corrected chi connectivity index (χ4v) is 3.78. The molecule has 0 aliphatic rings. The van der Waals surface area contributed by atoms with E-state index in [1.807, 2.05) is 66.7 Å². The van der Waals surface area contributed by atoms with E-state index in [-0.39, 0.29) is 11.5 Å². The van der Waals surface area contributed by atoms with Crippen molar-refractivity contribution in [3.05, 3.63) is 120 Å². The van der Waals surface area contributed by atoms with Gasteiger partial charge in [-0.05, 0) is 35.4 Å².